The number of unbranched alkanes of at least 4 members (excludes halogenated alkanes) is 5. The van der Waals surface area contributed by atoms with Crippen molar-refractivity contribution in [3.8, 4) is 0 Å². The molecule has 0 aromatic carbocycles. The second-order valence-corrected chi connectivity index (χ2v) is 5.77. The van der Waals surface area contributed by atoms with Gasteiger partial charge in [-0.2, -0.15) is 0 Å². The summed E-state index contributed by atoms with van der Waals surface area (Å²) < 4.78 is 0. The van der Waals surface area contributed by atoms with E-state index in [-0.39, 0.29) is 0 Å². The van der Waals surface area contributed by atoms with Crippen molar-refractivity contribution in [2.24, 2.45) is 5.41 Å². The molecule has 0 bridgehead atoms. The van der Waals surface area contributed by atoms with Gasteiger partial charge in [-0.25, -0.2) is 0 Å². The number of rotatable bonds is 8. The van der Waals surface area contributed by atoms with E-state index in [2.05, 4.69) is 39.8 Å². The Kier molecular flexibility index (Phi) is 8.85. The molecule has 90 valence electrons. The summed E-state index contributed by atoms with van der Waals surface area (Å²) in [6.07, 6.45) is 15.5. The lowest BCUT2D eigenvalue weighted by Gasteiger charge is -2.17. The zero-order valence-corrected chi connectivity index (χ0v) is 11.3. The van der Waals surface area contributed by atoms with Gasteiger partial charge < -0.3 is 0 Å². The lowest BCUT2D eigenvalue weighted by molar-refractivity contribution is 0.358. The predicted molar refractivity (Wildman–Crippen MR) is 71.2 cm³/mol. The molecule has 0 aliphatic rings. The Morgan fingerprint density at radius 1 is 0.800 bits per heavy atom. The van der Waals surface area contributed by atoms with Crippen LogP contribution in [0, 0.1) is 5.41 Å². The van der Waals surface area contributed by atoms with Gasteiger partial charge in [0, 0.05) is 0 Å². The van der Waals surface area contributed by atoms with Crippen LogP contribution in [0.5, 0.6) is 0 Å². The summed E-state index contributed by atoms with van der Waals surface area (Å²) in [7, 11) is 0. The second-order valence-electron chi connectivity index (χ2n) is 5.77. The summed E-state index contributed by atoms with van der Waals surface area (Å²) in [5.74, 6) is 0. The molecule has 0 heteroatoms. The van der Waals surface area contributed by atoms with Crippen molar-refractivity contribution in [2.45, 2.75) is 79.1 Å². The van der Waals surface area contributed by atoms with Crippen molar-refractivity contribution in [2.75, 3.05) is 0 Å². The third-order valence-corrected chi connectivity index (χ3v) is 2.69. The third-order valence-electron chi connectivity index (χ3n) is 2.69. The lowest BCUT2D eigenvalue weighted by atomic mass is 9.89. The minimum atomic E-state index is 0.525. The fraction of sp³-hybridized carbons (Fsp3) is 0.867. The molecule has 0 N–H and O–H groups in total. The molecule has 15 heavy (non-hydrogen) atoms. The molecule has 0 atom stereocenters. The number of hydrogen-bond donors (Lipinski definition) is 0. The van der Waals surface area contributed by atoms with Gasteiger partial charge in [-0.05, 0) is 31.1 Å². The fourth-order valence-corrected chi connectivity index (χ4v) is 1.65. The van der Waals surface area contributed by atoms with Crippen molar-refractivity contribution >= 4 is 0 Å². The Morgan fingerprint density at radius 3 is 1.93 bits per heavy atom. The molecule has 0 unspecified atom stereocenters. The quantitative estimate of drug-likeness (QED) is 0.354. The highest BCUT2D eigenvalue weighted by atomic mass is 14.1. The summed E-state index contributed by atoms with van der Waals surface area (Å²) in [5.41, 5.74) is 0.525. The van der Waals surface area contributed by atoms with Crippen molar-refractivity contribution < 1.29 is 0 Å². The van der Waals surface area contributed by atoms with Crippen LogP contribution in [0.3, 0.4) is 0 Å². The van der Waals surface area contributed by atoms with Gasteiger partial charge in [-0.1, -0.05) is 65.5 Å². The largest absolute Gasteiger partial charge is 0.0885 e. The van der Waals surface area contributed by atoms with Crippen LogP contribution in [0.4, 0.5) is 0 Å². The average molecular weight is 210 g/mol. The molecular weight excluding hydrogens is 180 g/mol. The first kappa shape index (κ1) is 14.7. The highest BCUT2D eigenvalue weighted by molar-refractivity contribution is 4.81. The van der Waals surface area contributed by atoms with Crippen molar-refractivity contribution in [1.29, 1.82) is 0 Å². The van der Waals surface area contributed by atoms with Gasteiger partial charge >= 0.3 is 0 Å². The summed E-state index contributed by atoms with van der Waals surface area (Å²) in [5, 5.41) is 0. The lowest BCUT2D eigenvalue weighted by Crippen LogP contribution is -2.03. The standard InChI is InChI=1S/C15H30/c1-5-6-7-8-9-10-11-12-13-14-15(2,3)4/h8-9H,5-7,10-14H2,1-4H3/b9-8-. The molecule has 0 heterocycles. The van der Waals surface area contributed by atoms with E-state index >= 15 is 0 Å². The minimum absolute atomic E-state index is 0.525. The Balaban J connectivity index is 3.15. The first-order chi connectivity index (χ1) is 7.06. The van der Waals surface area contributed by atoms with Crippen LogP contribution in [0.1, 0.15) is 79.1 Å². The van der Waals surface area contributed by atoms with Crippen LogP contribution in [-0.4, -0.2) is 0 Å². The maximum atomic E-state index is 2.37. The molecule has 0 spiro atoms. The van der Waals surface area contributed by atoms with Gasteiger partial charge in [0.15, 0.2) is 0 Å². The van der Waals surface area contributed by atoms with Gasteiger partial charge in [-0.3, -0.25) is 0 Å². The van der Waals surface area contributed by atoms with Crippen molar-refractivity contribution in [1.82, 2.24) is 0 Å². The monoisotopic (exact) mass is 210 g/mol. The van der Waals surface area contributed by atoms with E-state index < -0.39 is 0 Å². The SMILES string of the molecule is CCCC/C=C\CCCCCC(C)(C)C. The second kappa shape index (κ2) is 9.00. The summed E-state index contributed by atoms with van der Waals surface area (Å²) in [4.78, 5) is 0. The summed E-state index contributed by atoms with van der Waals surface area (Å²) >= 11 is 0. The Hall–Kier alpha value is -0.260. The highest BCUT2D eigenvalue weighted by Crippen LogP contribution is 2.22. The molecular formula is C15H30. The molecule has 0 amide bonds. The first-order valence-electron chi connectivity index (χ1n) is 6.71. The highest BCUT2D eigenvalue weighted by Gasteiger charge is 2.08. The Labute approximate surface area is 97.2 Å². The zero-order chi connectivity index (χ0) is 11.6. The molecule has 0 aromatic rings. The maximum Gasteiger partial charge on any atom is -0.0351 e. The molecule has 0 saturated heterocycles. The molecule has 0 aliphatic carbocycles. The Morgan fingerprint density at radius 2 is 1.40 bits per heavy atom. The van der Waals surface area contributed by atoms with E-state index in [1.54, 1.807) is 0 Å². The smallest absolute Gasteiger partial charge is 0.0351 e. The molecule has 0 radical (unpaired) electrons. The molecule has 0 fully saturated rings. The molecule has 0 aliphatic heterocycles. The molecule has 0 aromatic heterocycles. The van der Waals surface area contributed by atoms with Crippen molar-refractivity contribution in [3.63, 3.8) is 0 Å². The summed E-state index contributed by atoms with van der Waals surface area (Å²) in [6.45, 7) is 9.24. The maximum absolute atomic E-state index is 2.37. The van der Waals surface area contributed by atoms with Gasteiger partial charge in [0.05, 0.1) is 0 Å². The Bertz CT molecular complexity index is 148. The molecule has 0 nitrogen and oxygen atoms in total. The van der Waals surface area contributed by atoms with E-state index in [0.29, 0.717) is 5.41 Å². The van der Waals surface area contributed by atoms with Gasteiger partial charge in [-0.15, -0.1) is 0 Å². The average Bonchev–Trinajstić information content (AvgIpc) is 2.14. The van der Waals surface area contributed by atoms with Crippen LogP contribution in [0.2, 0.25) is 0 Å². The first-order valence-corrected chi connectivity index (χ1v) is 6.71. The van der Waals surface area contributed by atoms with E-state index in [4.69, 9.17) is 0 Å². The van der Waals surface area contributed by atoms with E-state index in [1.165, 1.54) is 51.4 Å². The van der Waals surface area contributed by atoms with Gasteiger partial charge in [0.1, 0.15) is 0 Å². The van der Waals surface area contributed by atoms with Crippen LogP contribution >= 0.6 is 0 Å². The predicted octanol–water partition coefficient (Wildman–Crippen LogP) is 5.73. The van der Waals surface area contributed by atoms with E-state index in [1.807, 2.05) is 0 Å². The van der Waals surface area contributed by atoms with Crippen LogP contribution in [-0.2, 0) is 0 Å². The fourth-order valence-electron chi connectivity index (χ4n) is 1.65. The van der Waals surface area contributed by atoms with Gasteiger partial charge in [0.25, 0.3) is 0 Å². The zero-order valence-electron chi connectivity index (χ0n) is 11.3. The van der Waals surface area contributed by atoms with E-state index in [0.717, 1.165) is 0 Å². The van der Waals surface area contributed by atoms with Crippen LogP contribution in [0.25, 0.3) is 0 Å². The van der Waals surface area contributed by atoms with Crippen LogP contribution < -0.4 is 0 Å². The molecule has 0 rings (SSSR count). The summed E-state index contributed by atoms with van der Waals surface area (Å²) in [6, 6.07) is 0. The van der Waals surface area contributed by atoms with Crippen LogP contribution in [0.15, 0.2) is 12.2 Å². The number of allylic oxidation sites excluding steroid dienone is 2. The minimum Gasteiger partial charge on any atom is -0.0885 e. The van der Waals surface area contributed by atoms with E-state index in [9.17, 15) is 0 Å². The van der Waals surface area contributed by atoms with Crippen molar-refractivity contribution in [3.05, 3.63) is 12.2 Å². The number of hydrogen-bond acceptors (Lipinski definition) is 0. The third kappa shape index (κ3) is 13.7. The molecule has 0 saturated carbocycles. The topological polar surface area (TPSA) is 0 Å². The van der Waals surface area contributed by atoms with Gasteiger partial charge in [0.2, 0.25) is 0 Å². The normalized spacial score (nSPS) is 12.5.